The third-order valence-corrected chi connectivity index (χ3v) is 7.05. The normalized spacial score (nSPS) is 19.8. The molecular weight excluding hydrogens is 320 g/mol. The maximum absolute atomic E-state index is 12.7. The van der Waals surface area contributed by atoms with E-state index in [4.69, 9.17) is 0 Å². The van der Waals surface area contributed by atoms with E-state index >= 15 is 0 Å². The Balaban J connectivity index is 1.94. The number of carbonyl (C=O) groups excluding carboxylic acids is 1. The Kier molecular flexibility index (Phi) is 4.47. The zero-order valence-electron chi connectivity index (χ0n) is 12.6. The standard InChI is InChI=1S/C15H20N2O3S2/c1-12(18)17-9-10-21-15-11-13(5-6-14(15)17)22(19,20)16-7-3-2-4-8-16/h5-6,11H,2-4,7-10H2,1H3. The van der Waals surface area contributed by atoms with Crippen molar-refractivity contribution >= 4 is 33.4 Å². The minimum Gasteiger partial charge on any atom is -0.311 e. The molecule has 22 heavy (non-hydrogen) atoms. The number of benzene rings is 1. The smallest absolute Gasteiger partial charge is 0.243 e. The molecule has 0 saturated carbocycles. The van der Waals surface area contributed by atoms with Crippen LogP contribution >= 0.6 is 11.8 Å². The van der Waals surface area contributed by atoms with Crippen molar-refractivity contribution in [1.29, 1.82) is 0 Å². The molecule has 2 aliphatic heterocycles. The number of hydrogen-bond acceptors (Lipinski definition) is 4. The van der Waals surface area contributed by atoms with Crippen LogP contribution in [0.15, 0.2) is 28.0 Å². The number of rotatable bonds is 2. The van der Waals surface area contributed by atoms with Crippen molar-refractivity contribution in [2.45, 2.75) is 36.0 Å². The number of anilines is 1. The van der Waals surface area contributed by atoms with Gasteiger partial charge in [-0.1, -0.05) is 6.42 Å². The maximum atomic E-state index is 12.7. The molecule has 1 fully saturated rings. The lowest BCUT2D eigenvalue weighted by Gasteiger charge is -2.29. The molecule has 1 amide bonds. The van der Waals surface area contributed by atoms with E-state index in [0.717, 1.165) is 35.6 Å². The molecule has 7 heteroatoms. The second-order valence-corrected chi connectivity index (χ2v) is 8.69. The van der Waals surface area contributed by atoms with Crippen molar-refractivity contribution in [2.75, 3.05) is 30.3 Å². The summed E-state index contributed by atoms with van der Waals surface area (Å²) in [4.78, 5) is 14.6. The van der Waals surface area contributed by atoms with Crippen LogP contribution in [0.5, 0.6) is 0 Å². The SMILES string of the molecule is CC(=O)N1CCSc2cc(S(=O)(=O)N3CCCCC3)ccc21. The van der Waals surface area contributed by atoms with Crippen molar-refractivity contribution in [3.8, 4) is 0 Å². The zero-order chi connectivity index (χ0) is 15.7. The van der Waals surface area contributed by atoms with Crippen LogP contribution in [-0.4, -0.2) is 44.0 Å². The third-order valence-electron chi connectivity index (χ3n) is 4.13. The van der Waals surface area contributed by atoms with E-state index in [1.165, 1.54) is 6.92 Å². The lowest BCUT2D eigenvalue weighted by Crippen LogP contribution is -2.36. The van der Waals surface area contributed by atoms with Gasteiger partial charge in [-0.3, -0.25) is 4.79 Å². The molecule has 0 aliphatic carbocycles. The lowest BCUT2D eigenvalue weighted by atomic mass is 10.2. The quantitative estimate of drug-likeness (QED) is 0.829. The van der Waals surface area contributed by atoms with Gasteiger partial charge in [-0.05, 0) is 31.0 Å². The van der Waals surface area contributed by atoms with E-state index in [9.17, 15) is 13.2 Å². The molecule has 1 aromatic rings. The molecular formula is C15H20N2O3S2. The fourth-order valence-electron chi connectivity index (χ4n) is 2.94. The Morgan fingerprint density at radius 3 is 2.55 bits per heavy atom. The molecule has 0 spiro atoms. The van der Waals surface area contributed by atoms with Gasteiger partial charge in [-0.25, -0.2) is 8.42 Å². The summed E-state index contributed by atoms with van der Waals surface area (Å²) in [5, 5.41) is 0. The Labute approximate surface area is 135 Å². The summed E-state index contributed by atoms with van der Waals surface area (Å²) in [5.74, 6) is 0.785. The van der Waals surface area contributed by atoms with Crippen LogP contribution in [0, 0.1) is 0 Å². The van der Waals surface area contributed by atoms with Crippen LogP contribution in [-0.2, 0) is 14.8 Å². The predicted octanol–water partition coefficient (Wildman–Crippen LogP) is 2.32. The van der Waals surface area contributed by atoms with Gasteiger partial charge in [0, 0.05) is 37.2 Å². The highest BCUT2D eigenvalue weighted by atomic mass is 32.2. The Morgan fingerprint density at radius 1 is 1.14 bits per heavy atom. The molecule has 0 bridgehead atoms. The van der Waals surface area contributed by atoms with Crippen LogP contribution in [0.2, 0.25) is 0 Å². The van der Waals surface area contributed by atoms with Crippen molar-refractivity contribution in [3.05, 3.63) is 18.2 Å². The number of sulfonamides is 1. The number of fused-ring (bicyclic) bond motifs is 1. The van der Waals surface area contributed by atoms with Gasteiger partial charge in [0.1, 0.15) is 0 Å². The average molecular weight is 340 g/mol. The molecule has 0 N–H and O–H groups in total. The average Bonchev–Trinajstić information content (AvgIpc) is 2.54. The first-order valence-corrected chi connectivity index (χ1v) is 9.98. The van der Waals surface area contributed by atoms with Crippen molar-refractivity contribution < 1.29 is 13.2 Å². The van der Waals surface area contributed by atoms with Gasteiger partial charge in [-0.15, -0.1) is 11.8 Å². The molecule has 1 saturated heterocycles. The fraction of sp³-hybridized carbons (Fsp3) is 0.533. The second-order valence-electron chi connectivity index (χ2n) is 5.61. The highest BCUT2D eigenvalue weighted by Crippen LogP contribution is 2.37. The minimum atomic E-state index is -3.42. The van der Waals surface area contributed by atoms with E-state index in [0.29, 0.717) is 24.5 Å². The van der Waals surface area contributed by atoms with Crippen LogP contribution in [0.4, 0.5) is 5.69 Å². The topological polar surface area (TPSA) is 57.7 Å². The molecule has 0 aromatic heterocycles. The van der Waals surface area contributed by atoms with Crippen LogP contribution in [0.1, 0.15) is 26.2 Å². The molecule has 120 valence electrons. The van der Waals surface area contributed by atoms with E-state index in [1.807, 2.05) is 0 Å². The number of nitrogens with zero attached hydrogens (tertiary/aromatic N) is 2. The summed E-state index contributed by atoms with van der Waals surface area (Å²) in [6.07, 6.45) is 2.95. The highest BCUT2D eigenvalue weighted by Gasteiger charge is 2.28. The van der Waals surface area contributed by atoms with Crippen LogP contribution in [0.25, 0.3) is 0 Å². The van der Waals surface area contributed by atoms with Gasteiger partial charge in [0.15, 0.2) is 0 Å². The molecule has 0 atom stereocenters. The number of amides is 1. The zero-order valence-corrected chi connectivity index (χ0v) is 14.3. The summed E-state index contributed by atoms with van der Waals surface area (Å²) in [5.41, 5.74) is 0.821. The number of carbonyl (C=O) groups is 1. The van der Waals surface area contributed by atoms with Crippen LogP contribution in [0.3, 0.4) is 0 Å². The summed E-state index contributed by atoms with van der Waals surface area (Å²) >= 11 is 1.61. The summed E-state index contributed by atoms with van der Waals surface area (Å²) < 4.78 is 27.0. The third kappa shape index (κ3) is 2.89. The van der Waals surface area contributed by atoms with Crippen LogP contribution < -0.4 is 4.90 Å². The highest BCUT2D eigenvalue weighted by molar-refractivity contribution is 7.99. The monoisotopic (exact) mass is 340 g/mol. The molecule has 2 aliphatic rings. The van der Waals surface area contributed by atoms with Gasteiger partial charge >= 0.3 is 0 Å². The van der Waals surface area contributed by atoms with E-state index in [2.05, 4.69) is 0 Å². The van der Waals surface area contributed by atoms with Gasteiger partial charge in [0.05, 0.1) is 10.6 Å². The van der Waals surface area contributed by atoms with Gasteiger partial charge in [0.25, 0.3) is 0 Å². The fourth-order valence-corrected chi connectivity index (χ4v) is 5.59. The first-order chi connectivity index (χ1) is 10.5. The van der Waals surface area contributed by atoms with E-state index in [1.54, 1.807) is 39.2 Å². The Bertz CT molecular complexity index is 682. The summed E-state index contributed by atoms with van der Waals surface area (Å²) in [7, 11) is -3.42. The van der Waals surface area contributed by atoms with Gasteiger partial charge in [-0.2, -0.15) is 4.31 Å². The second kappa shape index (κ2) is 6.22. The number of piperidine rings is 1. The summed E-state index contributed by atoms with van der Waals surface area (Å²) in [6, 6.07) is 5.11. The lowest BCUT2D eigenvalue weighted by molar-refractivity contribution is -0.116. The maximum Gasteiger partial charge on any atom is 0.243 e. The van der Waals surface area contributed by atoms with E-state index in [-0.39, 0.29) is 5.91 Å². The number of hydrogen-bond donors (Lipinski definition) is 0. The minimum absolute atomic E-state index is 0.00631. The molecule has 3 rings (SSSR count). The van der Waals surface area contributed by atoms with Crippen molar-refractivity contribution in [1.82, 2.24) is 4.31 Å². The first kappa shape index (κ1) is 15.8. The molecule has 0 radical (unpaired) electrons. The van der Waals surface area contributed by atoms with Crippen molar-refractivity contribution in [3.63, 3.8) is 0 Å². The predicted molar refractivity (Wildman–Crippen MR) is 87.8 cm³/mol. The largest absolute Gasteiger partial charge is 0.311 e. The first-order valence-electron chi connectivity index (χ1n) is 7.55. The van der Waals surface area contributed by atoms with Gasteiger partial charge in [0.2, 0.25) is 15.9 Å². The number of thioether (sulfide) groups is 1. The molecule has 5 nitrogen and oxygen atoms in total. The molecule has 2 heterocycles. The molecule has 1 aromatic carbocycles. The molecule has 0 unspecified atom stereocenters. The summed E-state index contributed by atoms with van der Waals surface area (Å²) in [6.45, 7) is 3.42. The van der Waals surface area contributed by atoms with Gasteiger partial charge < -0.3 is 4.90 Å². The van der Waals surface area contributed by atoms with E-state index < -0.39 is 10.0 Å². The van der Waals surface area contributed by atoms with Crippen molar-refractivity contribution in [2.24, 2.45) is 0 Å². The Morgan fingerprint density at radius 2 is 1.86 bits per heavy atom. The Hall–Kier alpha value is -1.05.